The molecule has 2 aromatic carbocycles. The van der Waals surface area contributed by atoms with E-state index in [1.54, 1.807) is 11.8 Å². The van der Waals surface area contributed by atoms with Gasteiger partial charge in [0.2, 0.25) is 5.91 Å². The summed E-state index contributed by atoms with van der Waals surface area (Å²) in [4.78, 5) is 12.5. The molecule has 3 rings (SSSR count). The minimum atomic E-state index is 0.0681. The fourth-order valence-electron chi connectivity index (χ4n) is 2.20. The molecule has 0 saturated heterocycles. The first kappa shape index (κ1) is 13.1. The molecule has 0 atom stereocenters. The molecule has 1 aliphatic rings. The number of fused-ring (bicyclic) bond motifs is 1. The zero-order valence-corrected chi connectivity index (χ0v) is 12.1. The molecule has 0 bridgehead atoms. The molecule has 2 aromatic rings. The van der Waals surface area contributed by atoms with Crippen LogP contribution in [0.2, 0.25) is 0 Å². The van der Waals surface area contributed by atoms with Crippen molar-refractivity contribution in [2.75, 3.05) is 16.4 Å². The van der Waals surface area contributed by atoms with Gasteiger partial charge in [0.05, 0.1) is 11.4 Å². The van der Waals surface area contributed by atoms with Crippen molar-refractivity contribution in [1.82, 2.24) is 0 Å². The van der Waals surface area contributed by atoms with Crippen LogP contribution in [-0.4, -0.2) is 11.7 Å². The average molecular weight is 284 g/mol. The van der Waals surface area contributed by atoms with Gasteiger partial charge in [-0.05, 0) is 36.2 Å². The Bertz CT molecular complexity index is 655. The molecule has 0 aromatic heterocycles. The van der Waals surface area contributed by atoms with E-state index in [2.05, 4.69) is 41.8 Å². The van der Waals surface area contributed by atoms with E-state index in [1.807, 2.05) is 18.2 Å². The van der Waals surface area contributed by atoms with Crippen molar-refractivity contribution in [2.45, 2.75) is 18.4 Å². The molecule has 0 aliphatic carbocycles. The van der Waals surface area contributed by atoms with Crippen LogP contribution in [0.3, 0.4) is 0 Å². The number of carbonyl (C=O) groups excluding carboxylic acids is 1. The first-order chi connectivity index (χ1) is 9.72. The topological polar surface area (TPSA) is 41.1 Å². The minimum absolute atomic E-state index is 0.0681. The maximum atomic E-state index is 11.4. The number of anilines is 2. The lowest BCUT2D eigenvalue weighted by atomic mass is 10.1. The van der Waals surface area contributed by atoms with E-state index in [1.165, 1.54) is 11.1 Å². The number of benzene rings is 2. The fourth-order valence-corrected chi connectivity index (χ4v) is 2.99. The van der Waals surface area contributed by atoms with Crippen LogP contribution in [-0.2, 0) is 11.3 Å². The highest BCUT2D eigenvalue weighted by atomic mass is 32.2. The largest absolute Gasteiger partial charge is 0.381 e. The molecule has 0 radical (unpaired) electrons. The van der Waals surface area contributed by atoms with Crippen molar-refractivity contribution in [3.63, 3.8) is 0 Å². The average Bonchev–Trinajstić information content (AvgIpc) is 2.46. The highest BCUT2D eigenvalue weighted by Gasteiger charge is 2.15. The number of hydrogen-bond donors (Lipinski definition) is 2. The van der Waals surface area contributed by atoms with Gasteiger partial charge < -0.3 is 10.6 Å². The van der Waals surface area contributed by atoms with Crippen molar-refractivity contribution in [3.05, 3.63) is 53.6 Å². The second-order valence-corrected chi connectivity index (χ2v) is 5.85. The fraction of sp³-hybridized carbons (Fsp3) is 0.188. The number of rotatable bonds is 3. The Labute approximate surface area is 122 Å². The van der Waals surface area contributed by atoms with E-state index in [0.29, 0.717) is 5.75 Å². The van der Waals surface area contributed by atoms with Crippen molar-refractivity contribution in [2.24, 2.45) is 0 Å². The van der Waals surface area contributed by atoms with Crippen LogP contribution in [0.4, 0.5) is 11.4 Å². The standard InChI is InChI=1S/C16H16N2OS/c1-11-4-2-3-5-12(11)9-17-13-6-7-15-14(8-13)18-16(19)10-20-15/h2-8,17H,9-10H2,1H3,(H,18,19). The van der Waals surface area contributed by atoms with Crippen molar-refractivity contribution in [1.29, 1.82) is 0 Å². The molecule has 4 heteroatoms. The smallest absolute Gasteiger partial charge is 0.234 e. The summed E-state index contributed by atoms with van der Waals surface area (Å²) >= 11 is 1.58. The number of thioether (sulfide) groups is 1. The van der Waals surface area contributed by atoms with Crippen LogP contribution in [0, 0.1) is 6.92 Å². The minimum Gasteiger partial charge on any atom is -0.381 e. The van der Waals surface area contributed by atoms with Crippen LogP contribution >= 0.6 is 11.8 Å². The third kappa shape index (κ3) is 2.80. The Kier molecular flexibility index (Phi) is 3.65. The molecule has 0 spiro atoms. The predicted molar refractivity (Wildman–Crippen MR) is 84.3 cm³/mol. The number of nitrogens with one attached hydrogen (secondary N) is 2. The van der Waals surface area contributed by atoms with Gasteiger partial charge in [-0.1, -0.05) is 24.3 Å². The second-order valence-electron chi connectivity index (χ2n) is 4.83. The molecule has 0 saturated carbocycles. The summed E-state index contributed by atoms with van der Waals surface area (Å²) in [6, 6.07) is 14.4. The van der Waals surface area contributed by atoms with Crippen LogP contribution in [0.5, 0.6) is 0 Å². The Hall–Kier alpha value is -1.94. The van der Waals surface area contributed by atoms with Crippen molar-refractivity contribution >= 4 is 29.0 Å². The van der Waals surface area contributed by atoms with Crippen LogP contribution < -0.4 is 10.6 Å². The molecule has 20 heavy (non-hydrogen) atoms. The lowest BCUT2D eigenvalue weighted by molar-refractivity contribution is -0.113. The predicted octanol–water partition coefficient (Wildman–Crippen LogP) is 3.65. The molecule has 2 N–H and O–H groups in total. The van der Waals surface area contributed by atoms with Gasteiger partial charge in [0, 0.05) is 17.1 Å². The van der Waals surface area contributed by atoms with Gasteiger partial charge in [0.1, 0.15) is 0 Å². The zero-order valence-electron chi connectivity index (χ0n) is 11.3. The highest BCUT2D eigenvalue weighted by molar-refractivity contribution is 8.00. The summed E-state index contributed by atoms with van der Waals surface area (Å²) in [5.41, 5.74) is 4.49. The van der Waals surface area contributed by atoms with Gasteiger partial charge in [-0.3, -0.25) is 4.79 Å². The van der Waals surface area contributed by atoms with E-state index in [-0.39, 0.29) is 5.91 Å². The van der Waals surface area contributed by atoms with Gasteiger partial charge in [-0.15, -0.1) is 11.8 Å². The Morgan fingerprint density at radius 1 is 1.25 bits per heavy atom. The second kappa shape index (κ2) is 5.59. The Morgan fingerprint density at radius 3 is 2.95 bits per heavy atom. The lowest BCUT2D eigenvalue weighted by Crippen LogP contribution is -2.18. The molecule has 3 nitrogen and oxygen atoms in total. The Morgan fingerprint density at radius 2 is 2.10 bits per heavy atom. The summed E-state index contributed by atoms with van der Waals surface area (Å²) in [5, 5.41) is 6.32. The molecule has 1 amide bonds. The van der Waals surface area contributed by atoms with Gasteiger partial charge in [0.25, 0.3) is 0 Å². The third-order valence-corrected chi connectivity index (χ3v) is 4.43. The molecular weight excluding hydrogens is 268 g/mol. The normalized spacial score (nSPS) is 13.6. The maximum absolute atomic E-state index is 11.4. The van der Waals surface area contributed by atoms with Crippen LogP contribution in [0.25, 0.3) is 0 Å². The Balaban J connectivity index is 1.74. The summed E-state index contributed by atoms with van der Waals surface area (Å²) in [6.45, 7) is 2.90. The van der Waals surface area contributed by atoms with E-state index in [9.17, 15) is 4.79 Å². The summed E-state index contributed by atoms with van der Waals surface area (Å²) in [5.74, 6) is 0.571. The van der Waals surface area contributed by atoms with Crippen LogP contribution in [0.1, 0.15) is 11.1 Å². The van der Waals surface area contributed by atoms with Gasteiger partial charge in [0.15, 0.2) is 0 Å². The third-order valence-electron chi connectivity index (χ3n) is 3.36. The monoisotopic (exact) mass is 284 g/mol. The number of amides is 1. The first-order valence-corrected chi connectivity index (χ1v) is 7.56. The van der Waals surface area contributed by atoms with Crippen LogP contribution in [0.15, 0.2) is 47.4 Å². The SMILES string of the molecule is Cc1ccccc1CNc1ccc2c(c1)NC(=O)CS2. The van der Waals surface area contributed by atoms with E-state index >= 15 is 0 Å². The maximum Gasteiger partial charge on any atom is 0.234 e. The van der Waals surface area contributed by atoms with E-state index in [4.69, 9.17) is 0 Å². The van der Waals surface area contributed by atoms with E-state index in [0.717, 1.165) is 22.8 Å². The number of carbonyl (C=O) groups is 1. The van der Waals surface area contributed by atoms with Crippen molar-refractivity contribution in [3.8, 4) is 0 Å². The summed E-state index contributed by atoms with van der Waals surface area (Å²) in [6.07, 6.45) is 0. The lowest BCUT2D eigenvalue weighted by Gasteiger charge is -2.17. The van der Waals surface area contributed by atoms with Crippen molar-refractivity contribution < 1.29 is 4.79 Å². The quantitative estimate of drug-likeness (QED) is 0.904. The highest BCUT2D eigenvalue weighted by Crippen LogP contribution is 2.33. The summed E-state index contributed by atoms with van der Waals surface area (Å²) in [7, 11) is 0. The van der Waals surface area contributed by atoms with Gasteiger partial charge in [-0.2, -0.15) is 0 Å². The van der Waals surface area contributed by atoms with Gasteiger partial charge in [-0.25, -0.2) is 0 Å². The zero-order chi connectivity index (χ0) is 13.9. The van der Waals surface area contributed by atoms with E-state index < -0.39 is 0 Å². The molecular formula is C16H16N2OS. The first-order valence-electron chi connectivity index (χ1n) is 6.57. The molecule has 102 valence electrons. The van der Waals surface area contributed by atoms with Gasteiger partial charge >= 0.3 is 0 Å². The summed E-state index contributed by atoms with van der Waals surface area (Å²) < 4.78 is 0. The molecule has 0 fully saturated rings. The molecule has 0 unspecified atom stereocenters. The number of hydrogen-bond acceptors (Lipinski definition) is 3. The molecule has 1 aliphatic heterocycles. The molecule has 1 heterocycles. The number of aryl methyl sites for hydroxylation is 1.